The number of nitriles is 1. The Morgan fingerprint density at radius 3 is 2.67 bits per heavy atom. The Kier molecular flexibility index (Phi) is 3.06. The van der Waals surface area contributed by atoms with Gasteiger partial charge in [0.1, 0.15) is 17.4 Å². The van der Waals surface area contributed by atoms with Crippen molar-refractivity contribution >= 4 is 12.6 Å². The second-order valence-electron chi connectivity index (χ2n) is 4.57. The summed E-state index contributed by atoms with van der Waals surface area (Å²) in [6.45, 7) is 7.63. The number of methoxy groups -OCH3 is 1. The van der Waals surface area contributed by atoms with Crippen LogP contribution in [0.4, 0.5) is 0 Å². The van der Waals surface area contributed by atoms with Crippen LogP contribution in [-0.2, 0) is 9.31 Å². The highest BCUT2D eigenvalue weighted by Crippen LogP contribution is 2.29. The van der Waals surface area contributed by atoms with Gasteiger partial charge in [0.25, 0.3) is 0 Å². The molecule has 0 amide bonds. The van der Waals surface area contributed by atoms with Crippen molar-refractivity contribution < 1.29 is 14.0 Å². The maximum atomic E-state index is 8.92. The number of rotatable bonds is 2. The topological polar surface area (TPSA) is 51.5 Å². The Labute approximate surface area is 107 Å². The van der Waals surface area contributed by atoms with Gasteiger partial charge in [-0.05, 0) is 26.0 Å². The average Bonchev–Trinajstić information content (AvgIpc) is 2.63. The van der Waals surface area contributed by atoms with Crippen molar-refractivity contribution in [1.29, 1.82) is 5.26 Å². The van der Waals surface area contributed by atoms with Crippen LogP contribution < -0.4 is 10.2 Å². The lowest BCUT2D eigenvalue weighted by Gasteiger charge is -2.15. The smallest absolute Gasteiger partial charge is 0.534 e. The highest BCUT2D eigenvalue weighted by atomic mass is 16.7. The fourth-order valence-corrected chi connectivity index (χ4v) is 1.71. The molecular formula is C13H14BNO3. The van der Waals surface area contributed by atoms with E-state index in [9.17, 15) is 0 Å². The summed E-state index contributed by atoms with van der Waals surface area (Å²) < 4.78 is 16.5. The first-order chi connectivity index (χ1) is 8.47. The van der Waals surface area contributed by atoms with Gasteiger partial charge < -0.3 is 14.0 Å². The third-order valence-electron chi connectivity index (χ3n) is 2.94. The zero-order valence-electron chi connectivity index (χ0n) is 10.7. The minimum absolute atomic E-state index is 0.484. The molecular weight excluding hydrogens is 229 g/mol. The maximum Gasteiger partial charge on any atom is 0.563 e. The summed E-state index contributed by atoms with van der Waals surface area (Å²) in [5.41, 5.74) is 0.779. The van der Waals surface area contributed by atoms with E-state index in [2.05, 4.69) is 12.6 Å². The molecule has 0 bridgehead atoms. The van der Waals surface area contributed by atoms with Gasteiger partial charge in [-0.2, -0.15) is 5.26 Å². The minimum Gasteiger partial charge on any atom is -0.534 e. The minimum atomic E-state index is -0.508. The van der Waals surface area contributed by atoms with Crippen molar-refractivity contribution in [1.82, 2.24) is 0 Å². The zero-order chi connectivity index (χ0) is 13.3. The van der Waals surface area contributed by atoms with Crippen LogP contribution >= 0.6 is 0 Å². The van der Waals surface area contributed by atoms with Crippen molar-refractivity contribution in [2.45, 2.75) is 19.4 Å². The summed E-state index contributed by atoms with van der Waals surface area (Å²) in [5.74, 6) is 1.10. The van der Waals surface area contributed by atoms with Crippen LogP contribution in [0.15, 0.2) is 30.5 Å². The van der Waals surface area contributed by atoms with Gasteiger partial charge in [0.15, 0.2) is 0 Å². The van der Waals surface area contributed by atoms with Gasteiger partial charge in [0.05, 0.1) is 18.4 Å². The second kappa shape index (κ2) is 4.39. The predicted molar refractivity (Wildman–Crippen MR) is 68.5 cm³/mol. The third-order valence-corrected chi connectivity index (χ3v) is 2.94. The van der Waals surface area contributed by atoms with Crippen molar-refractivity contribution in [3.8, 4) is 11.8 Å². The third kappa shape index (κ3) is 2.07. The van der Waals surface area contributed by atoms with Gasteiger partial charge in [-0.15, -0.1) is 0 Å². The highest BCUT2D eigenvalue weighted by Gasteiger charge is 2.42. The molecule has 0 spiro atoms. The largest absolute Gasteiger partial charge is 0.563 e. The van der Waals surface area contributed by atoms with Crippen molar-refractivity contribution in [3.63, 3.8) is 0 Å². The van der Waals surface area contributed by atoms with E-state index in [0.29, 0.717) is 17.1 Å². The maximum absolute atomic E-state index is 8.92. The number of nitrogens with zero attached hydrogens (tertiary/aromatic N) is 1. The SMILES string of the molecule is C=C1OB(c2ccc(C#N)c(OC)c2)OC1(C)C. The summed E-state index contributed by atoms with van der Waals surface area (Å²) in [5, 5.41) is 8.92. The fraction of sp³-hybridized carbons (Fsp3) is 0.308. The Hall–Kier alpha value is -1.93. The van der Waals surface area contributed by atoms with Crippen LogP contribution in [0.3, 0.4) is 0 Å². The number of ether oxygens (including phenoxy) is 1. The van der Waals surface area contributed by atoms with E-state index < -0.39 is 12.7 Å². The Balaban J connectivity index is 2.31. The van der Waals surface area contributed by atoms with Gasteiger partial charge in [0, 0.05) is 5.46 Å². The molecule has 1 heterocycles. The molecule has 18 heavy (non-hydrogen) atoms. The molecule has 0 aliphatic carbocycles. The van der Waals surface area contributed by atoms with Crippen LogP contribution in [0.25, 0.3) is 0 Å². The van der Waals surface area contributed by atoms with Crippen LogP contribution in [0.5, 0.6) is 5.75 Å². The summed E-state index contributed by atoms with van der Waals surface area (Å²) in [7, 11) is 1.02. The zero-order valence-corrected chi connectivity index (χ0v) is 10.7. The van der Waals surface area contributed by atoms with Crippen molar-refractivity contribution in [2.75, 3.05) is 7.11 Å². The van der Waals surface area contributed by atoms with Crippen LogP contribution in [-0.4, -0.2) is 19.8 Å². The van der Waals surface area contributed by atoms with E-state index in [1.54, 1.807) is 18.2 Å². The summed E-state index contributed by atoms with van der Waals surface area (Å²) in [6.07, 6.45) is 0. The highest BCUT2D eigenvalue weighted by molar-refractivity contribution is 6.62. The molecule has 0 N–H and O–H groups in total. The van der Waals surface area contributed by atoms with Crippen LogP contribution in [0, 0.1) is 11.3 Å². The lowest BCUT2D eigenvalue weighted by atomic mass is 9.78. The monoisotopic (exact) mass is 243 g/mol. The van der Waals surface area contributed by atoms with Crippen molar-refractivity contribution in [3.05, 3.63) is 36.1 Å². The van der Waals surface area contributed by atoms with Gasteiger partial charge in [0.2, 0.25) is 0 Å². The fourth-order valence-electron chi connectivity index (χ4n) is 1.71. The molecule has 2 rings (SSSR count). The number of benzene rings is 1. The Bertz CT molecular complexity index is 534. The lowest BCUT2D eigenvalue weighted by Crippen LogP contribution is -2.34. The van der Waals surface area contributed by atoms with Gasteiger partial charge >= 0.3 is 7.12 Å². The van der Waals surface area contributed by atoms with Gasteiger partial charge in [-0.25, -0.2) is 0 Å². The molecule has 0 saturated carbocycles. The molecule has 1 fully saturated rings. The van der Waals surface area contributed by atoms with E-state index in [-0.39, 0.29) is 0 Å². The van der Waals surface area contributed by atoms with E-state index in [1.165, 1.54) is 7.11 Å². The quantitative estimate of drug-likeness (QED) is 0.740. The summed E-state index contributed by atoms with van der Waals surface area (Å²) in [6, 6.07) is 7.29. The molecule has 4 nitrogen and oxygen atoms in total. The van der Waals surface area contributed by atoms with E-state index >= 15 is 0 Å². The molecule has 1 aliphatic heterocycles. The molecule has 0 aromatic heterocycles. The molecule has 1 aliphatic rings. The van der Waals surface area contributed by atoms with Crippen LogP contribution in [0.2, 0.25) is 0 Å². The van der Waals surface area contributed by atoms with Crippen molar-refractivity contribution in [2.24, 2.45) is 0 Å². The average molecular weight is 243 g/mol. The molecule has 5 heteroatoms. The first-order valence-electron chi connectivity index (χ1n) is 5.60. The number of hydrogen-bond acceptors (Lipinski definition) is 4. The molecule has 0 unspecified atom stereocenters. The molecule has 1 aromatic carbocycles. The lowest BCUT2D eigenvalue weighted by molar-refractivity contribution is 0.173. The predicted octanol–water partition coefficient (Wildman–Crippen LogP) is 1.60. The first kappa shape index (κ1) is 12.5. The van der Waals surface area contributed by atoms with E-state index in [1.807, 2.05) is 13.8 Å². The second-order valence-corrected chi connectivity index (χ2v) is 4.57. The Morgan fingerprint density at radius 1 is 1.44 bits per heavy atom. The summed E-state index contributed by atoms with van der Waals surface area (Å²) >= 11 is 0. The summed E-state index contributed by atoms with van der Waals surface area (Å²) in [4.78, 5) is 0. The van der Waals surface area contributed by atoms with Gasteiger partial charge in [-0.3, -0.25) is 0 Å². The van der Waals surface area contributed by atoms with Gasteiger partial charge in [-0.1, -0.05) is 12.6 Å². The molecule has 1 aromatic rings. The first-order valence-corrected chi connectivity index (χ1v) is 5.60. The Morgan fingerprint density at radius 2 is 2.17 bits per heavy atom. The molecule has 1 saturated heterocycles. The normalized spacial score (nSPS) is 17.2. The van der Waals surface area contributed by atoms with E-state index in [4.69, 9.17) is 19.3 Å². The molecule has 0 atom stereocenters. The molecule has 92 valence electrons. The molecule has 0 radical (unpaired) electrons. The standard InChI is InChI=1S/C13H14BNO3/c1-9-13(2,3)18-14(17-9)11-6-5-10(8-15)12(7-11)16-4/h5-7H,1H2,2-4H3. The van der Waals surface area contributed by atoms with Crippen LogP contribution in [0.1, 0.15) is 19.4 Å². The van der Waals surface area contributed by atoms with E-state index in [0.717, 1.165) is 5.46 Å². The number of hydrogen-bond donors (Lipinski definition) is 0.